The fraction of sp³-hybridized carbons (Fsp3) is 0.900. The Morgan fingerprint density at radius 3 is 2.52 bits per heavy atom. The minimum Gasteiger partial charge on any atom is -0.393 e. The molecule has 3 fully saturated rings. The molecule has 0 bridgehead atoms. The van der Waals surface area contributed by atoms with Gasteiger partial charge in [-0.3, -0.25) is 0 Å². The van der Waals surface area contributed by atoms with E-state index in [0.29, 0.717) is 17.8 Å². The van der Waals surface area contributed by atoms with Crippen LogP contribution in [0.3, 0.4) is 0 Å². The second-order valence-electron chi connectivity index (χ2n) is 9.48. The van der Waals surface area contributed by atoms with Crippen LogP contribution < -0.4 is 0 Å². The lowest BCUT2D eigenvalue weighted by Crippen LogP contribution is -2.56. The predicted molar refractivity (Wildman–Crippen MR) is 89.7 cm³/mol. The number of rotatable bonds is 0. The fourth-order valence-corrected chi connectivity index (χ4v) is 6.95. The zero-order chi connectivity index (χ0) is 16.6. The molecule has 3 N–H and O–H groups in total. The van der Waals surface area contributed by atoms with Crippen LogP contribution >= 0.6 is 0 Å². The number of aliphatic hydroxyl groups is 3. The van der Waals surface area contributed by atoms with Gasteiger partial charge in [-0.25, -0.2) is 0 Å². The van der Waals surface area contributed by atoms with Gasteiger partial charge in [0.05, 0.1) is 18.3 Å². The highest BCUT2D eigenvalue weighted by atomic mass is 16.3. The van der Waals surface area contributed by atoms with E-state index in [1.165, 1.54) is 5.57 Å². The van der Waals surface area contributed by atoms with Crippen LogP contribution in [0.15, 0.2) is 11.6 Å². The summed E-state index contributed by atoms with van der Waals surface area (Å²) in [6, 6.07) is 0. The SMILES string of the molecule is C[C@@H]1C[C@@]2(C)C(=C[C@H](O)[C@H]3[C@@H]4CC[C@H](O)[C@@]4(C)CC[C@@H]32)C[C@H]1O. The molecular formula is C20H32O3. The van der Waals surface area contributed by atoms with Gasteiger partial charge in [0, 0.05) is 0 Å². The molecule has 0 aromatic rings. The molecule has 4 aliphatic rings. The van der Waals surface area contributed by atoms with Crippen molar-refractivity contribution in [3.8, 4) is 0 Å². The van der Waals surface area contributed by atoms with E-state index in [2.05, 4.69) is 26.8 Å². The first-order chi connectivity index (χ1) is 10.8. The molecule has 0 spiro atoms. The fourth-order valence-electron chi connectivity index (χ4n) is 6.95. The molecule has 9 atom stereocenters. The molecule has 3 saturated carbocycles. The number of aliphatic hydroxyl groups excluding tert-OH is 3. The first-order valence-corrected chi connectivity index (χ1v) is 9.53. The van der Waals surface area contributed by atoms with Crippen LogP contribution in [0.25, 0.3) is 0 Å². The molecule has 3 nitrogen and oxygen atoms in total. The molecule has 3 heteroatoms. The zero-order valence-electron chi connectivity index (χ0n) is 14.7. The van der Waals surface area contributed by atoms with Crippen molar-refractivity contribution < 1.29 is 15.3 Å². The van der Waals surface area contributed by atoms with Crippen molar-refractivity contribution >= 4 is 0 Å². The standard InChI is InChI=1S/C20H32O3/c1-11-10-20(3)12(8-15(11)21)9-16(22)18-13-4-5-17(23)19(13,2)7-6-14(18)20/h9,11,13-18,21-23H,4-8,10H2,1-3H3/t11-,13+,14+,15-,16+,17+,18+,19+,20+/m1/s1. The highest BCUT2D eigenvalue weighted by Crippen LogP contribution is 2.65. The van der Waals surface area contributed by atoms with Crippen LogP contribution in [-0.4, -0.2) is 33.6 Å². The van der Waals surface area contributed by atoms with Gasteiger partial charge in [-0.15, -0.1) is 0 Å². The lowest BCUT2D eigenvalue weighted by molar-refractivity contribution is -0.111. The van der Waals surface area contributed by atoms with E-state index >= 15 is 0 Å². The molecule has 4 aliphatic carbocycles. The summed E-state index contributed by atoms with van der Waals surface area (Å²) < 4.78 is 0. The number of hydrogen-bond acceptors (Lipinski definition) is 3. The Bertz CT molecular complexity index is 529. The van der Waals surface area contributed by atoms with Crippen molar-refractivity contribution in [1.82, 2.24) is 0 Å². The maximum absolute atomic E-state index is 10.9. The monoisotopic (exact) mass is 320 g/mol. The molecule has 4 rings (SSSR count). The maximum Gasteiger partial charge on any atom is 0.0757 e. The van der Waals surface area contributed by atoms with Crippen molar-refractivity contribution in [3.05, 3.63) is 11.6 Å². The molecule has 0 amide bonds. The van der Waals surface area contributed by atoms with E-state index in [1.54, 1.807) is 0 Å². The Labute approximate surface area is 139 Å². The first kappa shape index (κ1) is 16.1. The van der Waals surface area contributed by atoms with Gasteiger partial charge in [0.1, 0.15) is 0 Å². The van der Waals surface area contributed by atoms with E-state index in [4.69, 9.17) is 0 Å². The highest BCUT2D eigenvalue weighted by Gasteiger charge is 2.60. The summed E-state index contributed by atoms with van der Waals surface area (Å²) in [5.41, 5.74) is 1.40. The smallest absolute Gasteiger partial charge is 0.0757 e. The van der Waals surface area contributed by atoms with Crippen molar-refractivity contribution in [3.63, 3.8) is 0 Å². The van der Waals surface area contributed by atoms with Gasteiger partial charge in [0.15, 0.2) is 0 Å². The quantitative estimate of drug-likeness (QED) is 0.602. The largest absolute Gasteiger partial charge is 0.393 e. The lowest BCUT2D eigenvalue weighted by atomic mass is 9.46. The summed E-state index contributed by atoms with van der Waals surface area (Å²) in [5, 5.41) is 31.7. The van der Waals surface area contributed by atoms with Crippen LogP contribution in [0.1, 0.15) is 59.3 Å². The van der Waals surface area contributed by atoms with Crippen LogP contribution in [0.4, 0.5) is 0 Å². The summed E-state index contributed by atoms with van der Waals surface area (Å²) in [5.74, 6) is 1.54. The summed E-state index contributed by atoms with van der Waals surface area (Å²) in [6.07, 6.45) is 7.07. The predicted octanol–water partition coefficient (Wildman–Crippen LogP) is 2.89. The molecule has 0 aromatic heterocycles. The topological polar surface area (TPSA) is 60.7 Å². The highest BCUT2D eigenvalue weighted by molar-refractivity contribution is 5.28. The molecule has 0 saturated heterocycles. The second kappa shape index (κ2) is 5.06. The molecule has 0 heterocycles. The molecule has 0 unspecified atom stereocenters. The third-order valence-electron chi connectivity index (χ3n) is 8.43. The summed E-state index contributed by atoms with van der Waals surface area (Å²) >= 11 is 0. The lowest BCUT2D eigenvalue weighted by Gasteiger charge is -2.59. The van der Waals surface area contributed by atoms with Gasteiger partial charge in [-0.2, -0.15) is 0 Å². The van der Waals surface area contributed by atoms with E-state index in [9.17, 15) is 15.3 Å². The Balaban J connectivity index is 1.74. The zero-order valence-corrected chi connectivity index (χ0v) is 14.7. The van der Waals surface area contributed by atoms with Gasteiger partial charge < -0.3 is 15.3 Å². The number of fused-ring (bicyclic) bond motifs is 5. The molecule has 0 aromatic carbocycles. The minimum absolute atomic E-state index is 0.0103. The van der Waals surface area contributed by atoms with Gasteiger partial charge >= 0.3 is 0 Å². The molecule has 0 aliphatic heterocycles. The molecule has 130 valence electrons. The third-order valence-corrected chi connectivity index (χ3v) is 8.43. The average Bonchev–Trinajstić information content (AvgIpc) is 2.78. The normalized spacial score (nSPS) is 58.9. The van der Waals surface area contributed by atoms with Crippen molar-refractivity contribution in [1.29, 1.82) is 0 Å². The second-order valence-corrected chi connectivity index (χ2v) is 9.48. The Kier molecular flexibility index (Phi) is 3.54. The van der Waals surface area contributed by atoms with Crippen LogP contribution in [0.5, 0.6) is 0 Å². The van der Waals surface area contributed by atoms with Crippen molar-refractivity contribution in [2.45, 2.75) is 77.6 Å². The minimum atomic E-state index is -0.404. The molecule has 23 heavy (non-hydrogen) atoms. The average molecular weight is 320 g/mol. The van der Waals surface area contributed by atoms with Gasteiger partial charge in [0.25, 0.3) is 0 Å². The van der Waals surface area contributed by atoms with Crippen molar-refractivity contribution in [2.24, 2.45) is 34.5 Å². The van der Waals surface area contributed by atoms with Crippen LogP contribution in [0, 0.1) is 34.5 Å². The maximum atomic E-state index is 10.9. The van der Waals surface area contributed by atoms with E-state index in [0.717, 1.165) is 38.5 Å². The van der Waals surface area contributed by atoms with E-state index < -0.39 is 6.10 Å². The van der Waals surface area contributed by atoms with Crippen LogP contribution in [0.2, 0.25) is 0 Å². The van der Waals surface area contributed by atoms with Gasteiger partial charge in [0.2, 0.25) is 0 Å². The first-order valence-electron chi connectivity index (χ1n) is 9.53. The Hall–Kier alpha value is -0.380. The summed E-state index contributed by atoms with van der Waals surface area (Å²) in [7, 11) is 0. The van der Waals surface area contributed by atoms with E-state index in [1.807, 2.05) is 0 Å². The van der Waals surface area contributed by atoms with Gasteiger partial charge in [-0.1, -0.05) is 32.4 Å². The van der Waals surface area contributed by atoms with Crippen molar-refractivity contribution in [2.75, 3.05) is 0 Å². The van der Waals surface area contributed by atoms with Gasteiger partial charge in [-0.05, 0) is 73.0 Å². The Morgan fingerprint density at radius 2 is 1.78 bits per heavy atom. The Morgan fingerprint density at radius 1 is 1.04 bits per heavy atom. The molecular weight excluding hydrogens is 288 g/mol. The number of hydrogen-bond donors (Lipinski definition) is 3. The molecule has 0 radical (unpaired) electrons. The van der Waals surface area contributed by atoms with Crippen LogP contribution in [-0.2, 0) is 0 Å². The third kappa shape index (κ3) is 2.06. The summed E-state index contributed by atoms with van der Waals surface area (Å²) in [4.78, 5) is 0. The summed E-state index contributed by atoms with van der Waals surface area (Å²) in [6.45, 7) is 6.78. The van der Waals surface area contributed by atoms with E-state index in [-0.39, 0.29) is 29.0 Å².